The van der Waals surface area contributed by atoms with Gasteiger partial charge in [0.15, 0.2) is 0 Å². The lowest BCUT2D eigenvalue weighted by atomic mass is 10.0. The summed E-state index contributed by atoms with van der Waals surface area (Å²) in [6.45, 7) is 5.28. The van der Waals surface area contributed by atoms with E-state index >= 15 is 0 Å². The molecule has 5 rings (SSSR count). The number of likely N-dealkylation sites (tertiary alicyclic amines) is 3. The van der Waals surface area contributed by atoms with Gasteiger partial charge >= 0.3 is 10.5 Å². The molecular formula is C23H30N6O4S. The Morgan fingerprint density at radius 1 is 1.26 bits per heavy atom. The van der Waals surface area contributed by atoms with Crippen molar-refractivity contribution in [2.75, 3.05) is 13.1 Å². The van der Waals surface area contributed by atoms with Gasteiger partial charge in [0.1, 0.15) is 6.04 Å². The van der Waals surface area contributed by atoms with Gasteiger partial charge in [0.2, 0.25) is 11.8 Å². The number of benzene rings is 1. The van der Waals surface area contributed by atoms with E-state index in [0.29, 0.717) is 12.5 Å². The molecule has 3 heterocycles. The molecule has 1 aliphatic carbocycles. The Kier molecular flexibility index (Phi) is 6.75. The lowest BCUT2D eigenvalue weighted by Crippen LogP contribution is -2.57. The summed E-state index contributed by atoms with van der Waals surface area (Å²) in [5.74, 6) is 0.482. The average molecular weight is 487 g/mol. The monoisotopic (exact) mass is 486 g/mol. The summed E-state index contributed by atoms with van der Waals surface area (Å²) in [7, 11) is -2.61. The fourth-order valence-corrected chi connectivity index (χ4v) is 5.82. The molecule has 1 unspecified atom stereocenters. The van der Waals surface area contributed by atoms with Gasteiger partial charge in [-0.05, 0) is 44.6 Å². The SMILES string of the molecule is Cc1ccc([C@H](C)N2C(=O)[C@@H]3C[C@H]2CN3C[C@H](N)C(=O)N2[C@H](C#N)CC3C[C@@H]32)cc1.N=S(=O)=O. The fourth-order valence-electron chi connectivity index (χ4n) is 5.82. The van der Waals surface area contributed by atoms with Gasteiger partial charge in [0, 0.05) is 25.2 Å². The molecule has 3 aliphatic heterocycles. The van der Waals surface area contributed by atoms with Gasteiger partial charge in [-0.2, -0.15) is 18.5 Å². The third-order valence-electron chi connectivity index (χ3n) is 7.55. The number of piperazine rings is 1. The van der Waals surface area contributed by atoms with Gasteiger partial charge in [-0.3, -0.25) is 14.5 Å². The number of hydrogen-bond acceptors (Lipinski definition) is 8. The number of amides is 2. The van der Waals surface area contributed by atoms with Crippen LogP contribution in [0.3, 0.4) is 0 Å². The second kappa shape index (κ2) is 9.44. The number of nitrogens with zero attached hydrogens (tertiary/aromatic N) is 4. The van der Waals surface area contributed by atoms with Crippen LogP contribution in [0.2, 0.25) is 0 Å². The van der Waals surface area contributed by atoms with E-state index < -0.39 is 16.5 Å². The van der Waals surface area contributed by atoms with E-state index in [1.165, 1.54) is 5.56 Å². The summed E-state index contributed by atoms with van der Waals surface area (Å²) >= 11 is 0. The van der Waals surface area contributed by atoms with Crippen LogP contribution in [0.25, 0.3) is 0 Å². The molecule has 1 aromatic carbocycles. The zero-order valence-corrected chi connectivity index (χ0v) is 20.1. The molecule has 3 N–H and O–H groups in total. The third kappa shape index (κ3) is 4.58. The van der Waals surface area contributed by atoms with E-state index in [0.717, 1.165) is 31.4 Å². The van der Waals surface area contributed by atoms with Crippen molar-refractivity contribution in [3.8, 4) is 6.07 Å². The van der Waals surface area contributed by atoms with Gasteiger partial charge in [0.05, 0.1) is 24.2 Å². The van der Waals surface area contributed by atoms with Crippen molar-refractivity contribution in [2.45, 2.75) is 69.4 Å². The molecule has 0 radical (unpaired) electrons. The molecular weight excluding hydrogens is 456 g/mol. The van der Waals surface area contributed by atoms with Crippen LogP contribution >= 0.6 is 0 Å². The van der Waals surface area contributed by atoms with E-state index in [1.807, 2.05) is 4.90 Å². The summed E-state index contributed by atoms with van der Waals surface area (Å²) < 4.78 is 22.8. The van der Waals surface area contributed by atoms with E-state index in [2.05, 4.69) is 49.1 Å². The number of nitriles is 1. The van der Waals surface area contributed by atoms with Crippen molar-refractivity contribution in [3.05, 3.63) is 35.4 Å². The molecule has 182 valence electrons. The molecule has 11 heteroatoms. The lowest BCUT2D eigenvalue weighted by Gasteiger charge is -2.38. The van der Waals surface area contributed by atoms with Crippen LogP contribution in [0.1, 0.15) is 43.4 Å². The highest BCUT2D eigenvalue weighted by Crippen LogP contribution is 2.48. The first kappa shape index (κ1) is 24.3. The van der Waals surface area contributed by atoms with Crippen molar-refractivity contribution < 1.29 is 18.0 Å². The topological polar surface area (TPSA) is 152 Å². The van der Waals surface area contributed by atoms with Crippen LogP contribution in [0, 0.1) is 29.0 Å². The zero-order valence-electron chi connectivity index (χ0n) is 19.3. The van der Waals surface area contributed by atoms with Crippen molar-refractivity contribution in [3.63, 3.8) is 0 Å². The maximum atomic E-state index is 13.1. The Hall–Kier alpha value is -2.81. The average Bonchev–Trinajstić information content (AvgIpc) is 3.12. The summed E-state index contributed by atoms with van der Waals surface area (Å²) in [5, 5.41) is 9.36. The minimum Gasteiger partial charge on any atom is -0.330 e. The zero-order chi connectivity index (χ0) is 24.7. The smallest absolute Gasteiger partial charge is 0.308 e. The van der Waals surface area contributed by atoms with Crippen molar-refractivity contribution in [1.82, 2.24) is 14.7 Å². The number of nitrogens with two attached hydrogens (primary N) is 1. The predicted molar refractivity (Wildman–Crippen MR) is 123 cm³/mol. The molecule has 10 nitrogen and oxygen atoms in total. The summed E-state index contributed by atoms with van der Waals surface area (Å²) in [5.41, 5.74) is 8.64. The Bertz CT molecular complexity index is 1110. The van der Waals surface area contributed by atoms with E-state index in [1.54, 1.807) is 4.90 Å². The van der Waals surface area contributed by atoms with E-state index in [-0.39, 0.29) is 42.0 Å². The Morgan fingerprint density at radius 2 is 1.91 bits per heavy atom. The highest BCUT2D eigenvalue weighted by Gasteiger charge is 2.56. The predicted octanol–water partition coefficient (Wildman–Crippen LogP) is 0.809. The minimum atomic E-state index is -2.61. The first-order valence-electron chi connectivity index (χ1n) is 11.5. The van der Waals surface area contributed by atoms with Gasteiger partial charge < -0.3 is 15.5 Å². The van der Waals surface area contributed by atoms with Gasteiger partial charge in [-0.15, -0.1) is 0 Å². The molecule has 3 saturated heterocycles. The Balaban J connectivity index is 0.000000636. The van der Waals surface area contributed by atoms with Crippen LogP contribution in [-0.2, 0) is 20.1 Å². The van der Waals surface area contributed by atoms with Crippen LogP contribution in [0.15, 0.2) is 24.3 Å². The van der Waals surface area contributed by atoms with E-state index in [4.69, 9.17) is 18.9 Å². The maximum Gasteiger partial charge on any atom is 0.308 e. The molecule has 34 heavy (non-hydrogen) atoms. The summed E-state index contributed by atoms with van der Waals surface area (Å²) in [4.78, 5) is 31.9. The van der Waals surface area contributed by atoms with Gasteiger partial charge in [0.25, 0.3) is 0 Å². The summed E-state index contributed by atoms with van der Waals surface area (Å²) in [6, 6.07) is 9.79. The van der Waals surface area contributed by atoms with Crippen LogP contribution in [-0.4, -0.2) is 78.2 Å². The number of carbonyl (C=O) groups excluding carboxylic acids is 2. The molecule has 4 aliphatic rings. The van der Waals surface area contributed by atoms with Crippen molar-refractivity contribution >= 4 is 22.3 Å². The van der Waals surface area contributed by atoms with Crippen molar-refractivity contribution in [2.24, 2.45) is 11.7 Å². The standard InChI is InChI=1S/C23H29N5O2.HNO2S/c1-13-3-5-15(6-4-13)14(2)27-18-9-21(23(27)30)26(11-18)12-19(25)22(29)28-17(10-24)7-16-8-20(16)28;1-4(2)3/h3-6,14,16-21H,7-9,11-12,25H2,1-2H3;1H/t14-,16?,17-,18-,19-,20-,21-;/m0./s1. The third-order valence-corrected chi connectivity index (χ3v) is 7.55. The number of rotatable bonds is 5. The maximum absolute atomic E-state index is 13.1. The van der Waals surface area contributed by atoms with E-state index in [9.17, 15) is 14.9 Å². The lowest BCUT2D eigenvalue weighted by molar-refractivity contribution is -0.141. The van der Waals surface area contributed by atoms with Gasteiger partial charge in [-0.1, -0.05) is 29.8 Å². The molecule has 2 bridgehead atoms. The normalized spacial score (nSPS) is 30.8. The number of nitrogens with one attached hydrogen (secondary N) is 1. The second-order valence-electron chi connectivity index (χ2n) is 9.72. The highest BCUT2D eigenvalue weighted by molar-refractivity contribution is 7.60. The number of carbonyl (C=O) groups is 2. The van der Waals surface area contributed by atoms with Crippen LogP contribution in [0.4, 0.5) is 0 Å². The summed E-state index contributed by atoms with van der Waals surface area (Å²) in [6.07, 6.45) is 2.57. The first-order chi connectivity index (χ1) is 16.1. The molecule has 1 aromatic rings. The molecule has 4 fully saturated rings. The fraction of sp³-hybridized carbons (Fsp3) is 0.609. The Labute approximate surface area is 200 Å². The van der Waals surface area contributed by atoms with Gasteiger partial charge in [-0.25, -0.2) is 0 Å². The quantitative estimate of drug-likeness (QED) is 0.625. The molecule has 0 spiro atoms. The number of hydrogen-bond donors (Lipinski definition) is 2. The highest BCUT2D eigenvalue weighted by atomic mass is 32.2. The molecule has 7 atom stereocenters. The molecule has 0 aromatic heterocycles. The number of piperidine rings is 1. The molecule has 1 saturated carbocycles. The Morgan fingerprint density at radius 3 is 2.50 bits per heavy atom. The number of aryl methyl sites for hydroxylation is 1. The minimum absolute atomic E-state index is 0.0401. The van der Waals surface area contributed by atoms with Crippen LogP contribution in [0.5, 0.6) is 0 Å². The largest absolute Gasteiger partial charge is 0.330 e. The molecule has 2 amide bonds. The first-order valence-corrected chi connectivity index (χ1v) is 12.6. The van der Waals surface area contributed by atoms with Crippen molar-refractivity contribution in [1.29, 1.82) is 10.0 Å². The number of fused-ring (bicyclic) bond motifs is 3. The second-order valence-corrected chi connectivity index (χ2v) is 10.2. The van der Waals surface area contributed by atoms with Crippen LogP contribution < -0.4 is 5.73 Å².